The molecule has 1 aromatic carbocycles. The van der Waals surface area contributed by atoms with Crippen LogP contribution in [0.15, 0.2) is 41.4 Å². The molecule has 0 saturated carbocycles. The Morgan fingerprint density at radius 3 is 2.59 bits per heavy atom. The second kappa shape index (κ2) is 7.75. The Hall–Kier alpha value is -1.39. The summed E-state index contributed by atoms with van der Waals surface area (Å²) in [4.78, 5) is 11.7. The van der Waals surface area contributed by atoms with Gasteiger partial charge in [0.25, 0.3) is 0 Å². The number of aromatic nitrogens is 2. The van der Waals surface area contributed by atoms with Crippen LogP contribution in [0.2, 0.25) is 0 Å². The minimum absolute atomic E-state index is 0.849. The van der Waals surface area contributed by atoms with Crippen LogP contribution in [0.1, 0.15) is 25.1 Å². The van der Waals surface area contributed by atoms with Crippen molar-refractivity contribution in [1.29, 1.82) is 0 Å². The molecule has 2 heterocycles. The van der Waals surface area contributed by atoms with Crippen LogP contribution in [-0.2, 0) is 0 Å². The van der Waals surface area contributed by atoms with Crippen molar-refractivity contribution in [3.05, 3.63) is 42.2 Å². The van der Waals surface area contributed by atoms with Crippen LogP contribution in [0.4, 0.5) is 0 Å². The van der Waals surface area contributed by atoms with Gasteiger partial charge in [-0.15, -0.1) is 11.8 Å². The van der Waals surface area contributed by atoms with Crippen LogP contribution < -0.4 is 0 Å². The first kappa shape index (κ1) is 15.5. The van der Waals surface area contributed by atoms with Crippen molar-refractivity contribution in [1.82, 2.24) is 14.9 Å². The Morgan fingerprint density at radius 1 is 1.05 bits per heavy atom. The van der Waals surface area contributed by atoms with E-state index in [0.29, 0.717) is 0 Å². The Balaban J connectivity index is 1.62. The molecule has 4 heteroatoms. The van der Waals surface area contributed by atoms with E-state index < -0.39 is 0 Å². The van der Waals surface area contributed by atoms with E-state index in [0.717, 1.165) is 34.4 Å². The van der Waals surface area contributed by atoms with E-state index in [2.05, 4.69) is 45.2 Å². The molecular weight excluding hydrogens is 290 g/mol. The Bertz CT molecular complexity index is 595. The summed E-state index contributed by atoms with van der Waals surface area (Å²) in [5, 5.41) is 1.09. The standard InChI is InChI=1S/C18H23N3S/c1-15-19-17(16-8-4-2-5-9-16)14-18(20-15)22-13-12-21-10-6-3-7-11-21/h2,4-5,8-9,14H,3,6-7,10-13H2,1H3. The summed E-state index contributed by atoms with van der Waals surface area (Å²) in [5.41, 5.74) is 2.18. The van der Waals surface area contributed by atoms with Gasteiger partial charge in [0.05, 0.1) is 5.69 Å². The molecule has 1 saturated heterocycles. The first-order valence-electron chi connectivity index (χ1n) is 8.07. The molecular formula is C18H23N3S. The summed E-state index contributed by atoms with van der Waals surface area (Å²) < 4.78 is 0. The molecule has 0 N–H and O–H groups in total. The molecule has 1 aliphatic heterocycles. The average Bonchev–Trinajstić information content (AvgIpc) is 2.56. The predicted molar refractivity (Wildman–Crippen MR) is 93.2 cm³/mol. The summed E-state index contributed by atoms with van der Waals surface area (Å²) in [6.07, 6.45) is 4.11. The zero-order valence-corrected chi connectivity index (χ0v) is 14.0. The fraction of sp³-hybridized carbons (Fsp3) is 0.444. The summed E-state index contributed by atoms with van der Waals surface area (Å²) in [5.74, 6) is 1.95. The molecule has 1 aromatic heterocycles. The van der Waals surface area contributed by atoms with Crippen molar-refractivity contribution >= 4 is 11.8 Å². The number of likely N-dealkylation sites (tertiary alicyclic amines) is 1. The fourth-order valence-electron chi connectivity index (χ4n) is 2.83. The third kappa shape index (κ3) is 4.31. The predicted octanol–water partition coefficient (Wildman–Crippen LogP) is 4.03. The minimum Gasteiger partial charge on any atom is -0.303 e. The first-order chi connectivity index (χ1) is 10.8. The fourth-order valence-corrected chi connectivity index (χ4v) is 3.78. The van der Waals surface area contributed by atoms with Gasteiger partial charge >= 0.3 is 0 Å². The minimum atomic E-state index is 0.849. The van der Waals surface area contributed by atoms with Gasteiger partial charge in [-0.1, -0.05) is 36.8 Å². The lowest BCUT2D eigenvalue weighted by atomic mass is 10.1. The normalized spacial score (nSPS) is 15.9. The Morgan fingerprint density at radius 2 is 1.82 bits per heavy atom. The van der Waals surface area contributed by atoms with E-state index in [9.17, 15) is 0 Å². The van der Waals surface area contributed by atoms with Gasteiger partial charge in [-0.3, -0.25) is 0 Å². The Kier molecular flexibility index (Phi) is 5.46. The summed E-state index contributed by atoms with van der Waals surface area (Å²) >= 11 is 1.84. The van der Waals surface area contributed by atoms with E-state index in [1.54, 1.807) is 0 Å². The highest BCUT2D eigenvalue weighted by atomic mass is 32.2. The second-order valence-corrected chi connectivity index (χ2v) is 6.87. The van der Waals surface area contributed by atoms with Crippen LogP contribution in [0, 0.1) is 6.92 Å². The third-order valence-corrected chi connectivity index (χ3v) is 4.88. The SMILES string of the molecule is Cc1nc(SCCN2CCCCC2)cc(-c2ccccc2)n1. The largest absolute Gasteiger partial charge is 0.303 e. The number of piperidine rings is 1. The van der Waals surface area contributed by atoms with Crippen molar-refractivity contribution in [3.63, 3.8) is 0 Å². The van der Waals surface area contributed by atoms with Crippen molar-refractivity contribution in [2.75, 3.05) is 25.4 Å². The van der Waals surface area contributed by atoms with Crippen molar-refractivity contribution in [2.24, 2.45) is 0 Å². The molecule has 22 heavy (non-hydrogen) atoms. The molecule has 116 valence electrons. The quantitative estimate of drug-likeness (QED) is 0.615. The van der Waals surface area contributed by atoms with Crippen molar-refractivity contribution in [2.45, 2.75) is 31.2 Å². The van der Waals surface area contributed by atoms with Gasteiger partial charge < -0.3 is 4.90 Å². The molecule has 1 aliphatic rings. The molecule has 0 unspecified atom stereocenters. The maximum absolute atomic E-state index is 4.58. The molecule has 1 fully saturated rings. The number of hydrogen-bond acceptors (Lipinski definition) is 4. The molecule has 0 atom stereocenters. The molecule has 0 radical (unpaired) electrons. The smallest absolute Gasteiger partial charge is 0.127 e. The zero-order chi connectivity index (χ0) is 15.2. The van der Waals surface area contributed by atoms with E-state index in [4.69, 9.17) is 0 Å². The molecule has 2 aromatic rings. The average molecular weight is 313 g/mol. The van der Waals surface area contributed by atoms with Gasteiger partial charge in [0, 0.05) is 17.9 Å². The monoisotopic (exact) mass is 313 g/mol. The van der Waals surface area contributed by atoms with E-state index in [1.807, 2.05) is 24.8 Å². The topological polar surface area (TPSA) is 29.0 Å². The summed E-state index contributed by atoms with van der Waals surface area (Å²) in [6.45, 7) is 5.66. The van der Waals surface area contributed by atoms with Gasteiger partial charge in [-0.25, -0.2) is 9.97 Å². The van der Waals surface area contributed by atoms with Gasteiger partial charge in [0.2, 0.25) is 0 Å². The highest BCUT2D eigenvalue weighted by Crippen LogP contribution is 2.23. The molecule has 3 nitrogen and oxygen atoms in total. The zero-order valence-electron chi connectivity index (χ0n) is 13.2. The number of rotatable bonds is 5. The van der Waals surface area contributed by atoms with Crippen molar-refractivity contribution < 1.29 is 0 Å². The third-order valence-electron chi connectivity index (χ3n) is 3.99. The van der Waals surface area contributed by atoms with Crippen molar-refractivity contribution in [3.8, 4) is 11.3 Å². The van der Waals surface area contributed by atoms with Crippen LogP contribution in [0.3, 0.4) is 0 Å². The van der Waals surface area contributed by atoms with E-state index in [-0.39, 0.29) is 0 Å². The number of hydrogen-bond donors (Lipinski definition) is 0. The van der Waals surface area contributed by atoms with Gasteiger partial charge in [-0.2, -0.15) is 0 Å². The van der Waals surface area contributed by atoms with E-state index in [1.165, 1.54) is 32.4 Å². The van der Waals surface area contributed by atoms with Gasteiger partial charge in [0.1, 0.15) is 10.9 Å². The molecule has 0 spiro atoms. The van der Waals surface area contributed by atoms with Gasteiger partial charge in [-0.05, 0) is 38.9 Å². The number of nitrogens with zero attached hydrogens (tertiary/aromatic N) is 3. The maximum Gasteiger partial charge on any atom is 0.127 e. The van der Waals surface area contributed by atoms with Crippen LogP contribution in [0.5, 0.6) is 0 Å². The summed E-state index contributed by atoms with van der Waals surface area (Å²) in [7, 11) is 0. The Labute approximate surface area is 137 Å². The molecule has 0 bridgehead atoms. The highest BCUT2D eigenvalue weighted by Gasteiger charge is 2.10. The lowest BCUT2D eigenvalue weighted by molar-refractivity contribution is 0.242. The van der Waals surface area contributed by atoms with Crippen LogP contribution in [0.25, 0.3) is 11.3 Å². The number of benzene rings is 1. The first-order valence-corrected chi connectivity index (χ1v) is 9.06. The second-order valence-electron chi connectivity index (χ2n) is 5.76. The lowest BCUT2D eigenvalue weighted by Gasteiger charge is -2.25. The number of aryl methyl sites for hydroxylation is 1. The summed E-state index contributed by atoms with van der Waals surface area (Å²) in [6, 6.07) is 12.5. The lowest BCUT2D eigenvalue weighted by Crippen LogP contribution is -2.31. The number of thioether (sulfide) groups is 1. The maximum atomic E-state index is 4.58. The molecule has 0 aliphatic carbocycles. The van der Waals surface area contributed by atoms with Crippen LogP contribution in [-0.4, -0.2) is 40.3 Å². The molecule has 0 amide bonds. The highest BCUT2D eigenvalue weighted by molar-refractivity contribution is 7.99. The molecule has 3 rings (SSSR count). The van der Waals surface area contributed by atoms with E-state index >= 15 is 0 Å². The van der Waals surface area contributed by atoms with Crippen LogP contribution >= 0.6 is 11.8 Å². The van der Waals surface area contributed by atoms with Gasteiger partial charge in [0.15, 0.2) is 0 Å².